The van der Waals surface area contributed by atoms with Crippen LogP contribution in [0.3, 0.4) is 0 Å². The predicted octanol–water partition coefficient (Wildman–Crippen LogP) is 1.85. The molecule has 0 atom stereocenters. The number of rotatable bonds is 4. The van der Waals surface area contributed by atoms with E-state index in [1.165, 1.54) is 6.39 Å². The highest BCUT2D eigenvalue weighted by Crippen LogP contribution is 2.36. The zero-order chi connectivity index (χ0) is 12.4. The van der Waals surface area contributed by atoms with Gasteiger partial charge in [0.25, 0.3) is 0 Å². The van der Waals surface area contributed by atoms with Crippen molar-refractivity contribution in [1.29, 1.82) is 0 Å². The number of hydrogen-bond donors (Lipinski definition) is 1. The summed E-state index contributed by atoms with van der Waals surface area (Å²) in [6.45, 7) is 1.50. The lowest BCUT2D eigenvalue weighted by Gasteiger charge is -2.06. The first-order chi connectivity index (χ1) is 8.83. The molecule has 0 unspecified atom stereocenters. The van der Waals surface area contributed by atoms with Gasteiger partial charge in [0.1, 0.15) is 0 Å². The van der Waals surface area contributed by atoms with E-state index in [-0.39, 0.29) is 6.79 Å². The summed E-state index contributed by atoms with van der Waals surface area (Å²) < 4.78 is 16.3. The van der Waals surface area contributed by atoms with E-state index in [0.717, 1.165) is 21.5 Å². The Balaban J connectivity index is 1.66. The van der Waals surface area contributed by atoms with Crippen molar-refractivity contribution in [2.75, 3.05) is 6.79 Å². The summed E-state index contributed by atoms with van der Waals surface area (Å²) in [5.41, 5.74) is 1.09. The van der Waals surface area contributed by atoms with Gasteiger partial charge in [-0.15, -0.1) is 0 Å². The molecule has 1 aliphatic rings. The molecule has 0 bridgehead atoms. The van der Waals surface area contributed by atoms with Gasteiger partial charge in [0.15, 0.2) is 17.3 Å². The third-order valence-electron chi connectivity index (χ3n) is 2.55. The first kappa shape index (κ1) is 11.5. The van der Waals surface area contributed by atoms with Crippen LogP contribution in [0, 0.1) is 0 Å². The number of aromatic nitrogens is 2. The molecule has 1 aromatic heterocycles. The average molecular weight is 312 g/mol. The van der Waals surface area contributed by atoms with Gasteiger partial charge >= 0.3 is 0 Å². The molecule has 7 heteroatoms. The standard InChI is InChI=1S/C11H10BrN3O3/c12-8-2-10-9(16-6-17-10)1-7(8)3-13-4-11-14-5-18-15-11/h1-2,5,13H,3-4,6H2. The highest BCUT2D eigenvalue weighted by Gasteiger charge is 2.16. The van der Waals surface area contributed by atoms with Crippen LogP contribution in [-0.4, -0.2) is 16.9 Å². The lowest BCUT2D eigenvalue weighted by atomic mass is 10.2. The van der Waals surface area contributed by atoms with Crippen LogP contribution in [0.1, 0.15) is 11.4 Å². The molecule has 94 valence electrons. The maximum atomic E-state index is 5.34. The second kappa shape index (κ2) is 4.95. The Hall–Kier alpha value is -1.60. The van der Waals surface area contributed by atoms with Gasteiger partial charge in [-0.2, -0.15) is 4.98 Å². The highest BCUT2D eigenvalue weighted by atomic mass is 79.9. The van der Waals surface area contributed by atoms with Crippen LogP contribution in [-0.2, 0) is 13.1 Å². The van der Waals surface area contributed by atoms with Crippen molar-refractivity contribution < 1.29 is 14.0 Å². The van der Waals surface area contributed by atoms with Gasteiger partial charge in [0.05, 0.1) is 6.54 Å². The zero-order valence-corrected chi connectivity index (χ0v) is 10.9. The molecular weight excluding hydrogens is 302 g/mol. The van der Waals surface area contributed by atoms with E-state index in [0.29, 0.717) is 18.9 Å². The van der Waals surface area contributed by atoms with Crippen LogP contribution in [0.4, 0.5) is 0 Å². The summed E-state index contributed by atoms with van der Waals surface area (Å²) >= 11 is 3.50. The minimum Gasteiger partial charge on any atom is -0.454 e. The third kappa shape index (κ3) is 2.32. The van der Waals surface area contributed by atoms with Crippen molar-refractivity contribution >= 4 is 15.9 Å². The second-order valence-electron chi connectivity index (χ2n) is 3.75. The van der Waals surface area contributed by atoms with Gasteiger partial charge in [0, 0.05) is 11.0 Å². The number of fused-ring (bicyclic) bond motifs is 1. The maximum absolute atomic E-state index is 5.34. The Labute approximate surface area is 111 Å². The maximum Gasteiger partial charge on any atom is 0.231 e. The van der Waals surface area contributed by atoms with Crippen LogP contribution in [0.15, 0.2) is 27.5 Å². The predicted molar refractivity (Wildman–Crippen MR) is 65.1 cm³/mol. The highest BCUT2D eigenvalue weighted by molar-refractivity contribution is 9.10. The number of ether oxygens (including phenoxy) is 2. The zero-order valence-electron chi connectivity index (χ0n) is 9.35. The largest absolute Gasteiger partial charge is 0.454 e. The summed E-state index contributed by atoms with van der Waals surface area (Å²) in [5, 5.41) is 6.95. The summed E-state index contributed by atoms with van der Waals surface area (Å²) in [6, 6.07) is 3.86. The Morgan fingerprint density at radius 2 is 2.06 bits per heavy atom. The summed E-state index contributed by atoms with van der Waals surface area (Å²) in [4.78, 5) is 3.93. The smallest absolute Gasteiger partial charge is 0.231 e. The van der Waals surface area contributed by atoms with E-state index in [2.05, 4.69) is 35.9 Å². The van der Waals surface area contributed by atoms with E-state index >= 15 is 0 Å². The molecule has 0 radical (unpaired) electrons. The van der Waals surface area contributed by atoms with Gasteiger partial charge in [-0.25, -0.2) is 0 Å². The Bertz CT molecular complexity index is 545. The quantitative estimate of drug-likeness (QED) is 0.929. The van der Waals surface area contributed by atoms with Crippen molar-refractivity contribution in [3.05, 3.63) is 34.4 Å². The number of benzene rings is 1. The van der Waals surface area contributed by atoms with E-state index < -0.39 is 0 Å². The molecule has 0 saturated heterocycles. The first-order valence-electron chi connectivity index (χ1n) is 5.37. The molecule has 0 aliphatic carbocycles. The van der Waals surface area contributed by atoms with Gasteiger partial charge in [-0.3, -0.25) is 0 Å². The molecule has 1 N–H and O–H groups in total. The van der Waals surface area contributed by atoms with Crippen LogP contribution in [0.25, 0.3) is 0 Å². The van der Waals surface area contributed by atoms with Crippen LogP contribution in [0.2, 0.25) is 0 Å². The number of hydrogen-bond acceptors (Lipinski definition) is 6. The van der Waals surface area contributed by atoms with Gasteiger partial charge in [-0.05, 0) is 17.7 Å². The van der Waals surface area contributed by atoms with Crippen LogP contribution < -0.4 is 14.8 Å². The molecule has 0 fully saturated rings. The molecule has 6 nitrogen and oxygen atoms in total. The molecule has 1 aromatic carbocycles. The lowest BCUT2D eigenvalue weighted by Crippen LogP contribution is -2.14. The van der Waals surface area contributed by atoms with Crippen molar-refractivity contribution in [3.63, 3.8) is 0 Å². The number of nitrogens with one attached hydrogen (secondary N) is 1. The van der Waals surface area contributed by atoms with E-state index in [1.54, 1.807) is 0 Å². The normalized spacial score (nSPS) is 12.9. The molecule has 0 amide bonds. The minimum atomic E-state index is 0.279. The topological polar surface area (TPSA) is 69.4 Å². The van der Waals surface area contributed by atoms with E-state index in [1.807, 2.05) is 12.1 Å². The van der Waals surface area contributed by atoms with E-state index in [9.17, 15) is 0 Å². The minimum absolute atomic E-state index is 0.279. The van der Waals surface area contributed by atoms with E-state index in [4.69, 9.17) is 9.47 Å². The van der Waals surface area contributed by atoms with Crippen molar-refractivity contribution in [1.82, 2.24) is 15.5 Å². The Morgan fingerprint density at radius 1 is 1.22 bits per heavy atom. The Kier molecular flexibility index (Phi) is 3.16. The third-order valence-corrected chi connectivity index (χ3v) is 3.29. The molecule has 0 saturated carbocycles. The summed E-state index contributed by atoms with van der Waals surface area (Å²) in [6.07, 6.45) is 1.31. The van der Waals surface area contributed by atoms with Crippen molar-refractivity contribution in [3.8, 4) is 11.5 Å². The monoisotopic (exact) mass is 311 g/mol. The number of nitrogens with zero attached hydrogens (tertiary/aromatic N) is 2. The molecule has 2 aromatic rings. The van der Waals surface area contributed by atoms with Crippen LogP contribution in [0.5, 0.6) is 11.5 Å². The van der Waals surface area contributed by atoms with Crippen molar-refractivity contribution in [2.24, 2.45) is 0 Å². The fraction of sp³-hybridized carbons (Fsp3) is 0.273. The molecule has 18 heavy (non-hydrogen) atoms. The Morgan fingerprint density at radius 3 is 2.83 bits per heavy atom. The fourth-order valence-electron chi connectivity index (χ4n) is 1.67. The summed E-state index contributed by atoms with van der Waals surface area (Å²) in [7, 11) is 0. The van der Waals surface area contributed by atoms with Gasteiger partial charge in [-0.1, -0.05) is 21.1 Å². The summed E-state index contributed by atoms with van der Waals surface area (Å²) in [5.74, 6) is 2.17. The average Bonchev–Trinajstić information content (AvgIpc) is 3.00. The SMILES string of the molecule is Brc1cc2c(cc1CNCc1ncon1)OCO2. The number of halogens is 1. The second-order valence-corrected chi connectivity index (χ2v) is 4.60. The van der Waals surface area contributed by atoms with Gasteiger partial charge in [0.2, 0.25) is 13.2 Å². The molecule has 1 aliphatic heterocycles. The van der Waals surface area contributed by atoms with Gasteiger partial charge < -0.3 is 19.3 Å². The molecule has 3 rings (SSSR count). The first-order valence-corrected chi connectivity index (χ1v) is 6.16. The molecular formula is C11H10BrN3O3. The fourth-order valence-corrected chi connectivity index (χ4v) is 2.14. The lowest BCUT2D eigenvalue weighted by molar-refractivity contribution is 0.174. The van der Waals surface area contributed by atoms with Crippen molar-refractivity contribution in [2.45, 2.75) is 13.1 Å². The van der Waals surface area contributed by atoms with Crippen LogP contribution >= 0.6 is 15.9 Å². The molecule has 0 spiro atoms. The molecule has 2 heterocycles.